The van der Waals surface area contributed by atoms with Crippen LogP contribution in [0.25, 0.3) is 0 Å². The summed E-state index contributed by atoms with van der Waals surface area (Å²) in [5, 5.41) is 0. The van der Waals surface area contributed by atoms with Crippen molar-refractivity contribution < 1.29 is 28.6 Å². The third-order valence-electron chi connectivity index (χ3n) is 11.8. The molecule has 0 aliphatic rings. The van der Waals surface area contributed by atoms with Gasteiger partial charge in [-0.25, -0.2) is 0 Å². The van der Waals surface area contributed by atoms with Crippen LogP contribution in [0.3, 0.4) is 0 Å². The number of hydrogen-bond acceptors (Lipinski definition) is 6. The summed E-state index contributed by atoms with van der Waals surface area (Å²) in [6.45, 7) is 6.54. The Morgan fingerprint density at radius 3 is 0.881 bits per heavy atom. The summed E-state index contributed by atoms with van der Waals surface area (Å²) in [4.78, 5) is 38.1. The first-order valence-electron chi connectivity index (χ1n) is 28.1. The normalized spacial score (nSPS) is 12.7. The van der Waals surface area contributed by atoms with Gasteiger partial charge in [0.25, 0.3) is 0 Å². The highest BCUT2D eigenvalue weighted by atomic mass is 16.6. The Balaban J connectivity index is 4.48. The van der Waals surface area contributed by atoms with E-state index in [9.17, 15) is 14.4 Å². The molecule has 0 amide bonds. The molecular formula is C61H104O6. The van der Waals surface area contributed by atoms with Crippen LogP contribution in [0.5, 0.6) is 0 Å². The summed E-state index contributed by atoms with van der Waals surface area (Å²) < 4.78 is 16.8. The molecule has 0 saturated carbocycles. The first-order valence-corrected chi connectivity index (χ1v) is 28.1. The molecule has 67 heavy (non-hydrogen) atoms. The minimum atomic E-state index is -0.800. The Hall–Kier alpha value is -3.41. The Morgan fingerprint density at radius 1 is 0.299 bits per heavy atom. The summed E-state index contributed by atoms with van der Waals surface area (Å²) in [7, 11) is 0. The average molecular weight is 933 g/mol. The molecule has 0 radical (unpaired) electrons. The lowest BCUT2D eigenvalue weighted by molar-refractivity contribution is -0.167. The fraction of sp³-hybridized carbons (Fsp3) is 0.721. The van der Waals surface area contributed by atoms with Crippen molar-refractivity contribution in [2.75, 3.05) is 13.2 Å². The van der Waals surface area contributed by atoms with E-state index in [1.165, 1.54) is 116 Å². The number of ether oxygens (including phenoxy) is 3. The molecule has 0 aromatic carbocycles. The van der Waals surface area contributed by atoms with Crippen molar-refractivity contribution in [3.8, 4) is 0 Å². The smallest absolute Gasteiger partial charge is 0.306 e. The van der Waals surface area contributed by atoms with Crippen molar-refractivity contribution in [2.24, 2.45) is 0 Å². The minimum Gasteiger partial charge on any atom is -0.462 e. The molecule has 384 valence electrons. The van der Waals surface area contributed by atoms with Crippen LogP contribution in [0.1, 0.15) is 265 Å². The van der Waals surface area contributed by atoms with Crippen molar-refractivity contribution in [1.82, 2.24) is 0 Å². The van der Waals surface area contributed by atoms with E-state index in [4.69, 9.17) is 14.2 Å². The van der Waals surface area contributed by atoms with Crippen LogP contribution in [0.15, 0.2) is 85.1 Å². The molecule has 1 atom stereocenters. The number of carbonyl (C=O) groups is 3. The molecule has 0 aliphatic heterocycles. The minimum absolute atomic E-state index is 0.0954. The number of allylic oxidation sites excluding steroid dienone is 14. The molecule has 0 unspecified atom stereocenters. The van der Waals surface area contributed by atoms with Gasteiger partial charge in [0.2, 0.25) is 0 Å². The number of unbranched alkanes of at least 4 members (excludes halogenated alkanes) is 25. The van der Waals surface area contributed by atoms with E-state index in [1.54, 1.807) is 0 Å². The topological polar surface area (TPSA) is 78.9 Å². The first-order chi connectivity index (χ1) is 33.0. The fourth-order valence-electron chi connectivity index (χ4n) is 7.57. The van der Waals surface area contributed by atoms with Gasteiger partial charge in [0.05, 0.1) is 0 Å². The summed E-state index contributed by atoms with van der Waals surface area (Å²) in [5.74, 6) is -0.940. The second-order valence-electron chi connectivity index (χ2n) is 18.5. The standard InChI is InChI=1S/C61H104O6/c1-4-7-10-13-16-19-22-25-28-30-33-36-39-42-45-48-51-54-60(63)66-57-58(56-65-59(62)53-50-47-44-41-38-35-32-27-24-21-18-15-12-9-6-3)67-61(64)55-52-49-46-43-40-37-34-31-29-26-23-20-17-14-11-8-5-2/h16-17,19-21,24-26,28-29,33-34,36-37,58H,4-15,18,22-23,27,30-32,35,38-57H2,1-3H3/b19-16-,20-17-,24-21-,28-25-,29-26-,36-33-,37-34-/t58-/m0/s1. The molecule has 0 N–H and O–H groups in total. The van der Waals surface area contributed by atoms with Crippen LogP contribution in [0, 0.1) is 0 Å². The highest BCUT2D eigenvalue weighted by molar-refractivity contribution is 5.71. The van der Waals surface area contributed by atoms with Gasteiger partial charge in [-0.2, -0.15) is 0 Å². The van der Waals surface area contributed by atoms with Crippen LogP contribution in [0.2, 0.25) is 0 Å². The molecule has 0 fully saturated rings. The zero-order valence-electron chi connectivity index (χ0n) is 43.9. The zero-order valence-corrected chi connectivity index (χ0v) is 43.9. The van der Waals surface area contributed by atoms with Gasteiger partial charge < -0.3 is 14.2 Å². The fourth-order valence-corrected chi connectivity index (χ4v) is 7.57. The summed E-state index contributed by atoms with van der Waals surface area (Å²) in [6, 6.07) is 0. The lowest BCUT2D eigenvalue weighted by Crippen LogP contribution is -2.30. The monoisotopic (exact) mass is 933 g/mol. The van der Waals surface area contributed by atoms with Crippen LogP contribution >= 0.6 is 0 Å². The number of esters is 3. The van der Waals surface area contributed by atoms with Gasteiger partial charge in [0, 0.05) is 19.3 Å². The van der Waals surface area contributed by atoms with Crippen LogP contribution < -0.4 is 0 Å². The summed E-state index contributed by atoms with van der Waals surface area (Å²) in [5.41, 5.74) is 0. The van der Waals surface area contributed by atoms with Crippen LogP contribution in [-0.4, -0.2) is 37.2 Å². The molecule has 0 heterocycles. The second-order valence-corrected chi connectivity index (χ2v) is 18.5. The van der Waals surface area contributed by atoms with E-state index < -0.39 is 6.10 Å². The molecule has 0 aliphatic carbocycles. The van der Waals surface area contributed by atoms with Crippen molar-refractivity contribution in [3.63, 3.8) is 0 Å². The molecule has 0 aromatic rings. The van der Waals surface area contributed by atoms with E-state index in [-0.39, 0.29) is 31.1 Å². The molecule has 6 heteroatoms. The zero-order chi connectivity index (χ0) is 48.6. The maximum atomic E-state index is 12.8. The highest BCUT2D eigenvalue weighted by Gasteiger charge is 2.19. The van der Waals surface area contributed by atoms with Gasteiger partial charge in [-0.3, -0.25) is 14.4 Å². The first kappa shape index (κ1) is 63.6. The maximum absolute atomic E-state index is 12.8. The van der Waals surface area contributed by atoms with Gasteiger partial charge >= 0.3 is 17.9 Å². The molecule has 0 bridgehead atoms. The average Bonchev–Trinajstić information content (AvgIpc) is 3.33. The lowest BCUT2D eigenvalue weighted by Gasteiger charge is -2.18. The van der Waals surface area contributed by atoms with E-state index in [2.05, 4.69) is 106 Å². The Labute approximate surface area is 414 Å². The van der Waals surface area contributed by atoms with E-state index >= 15 is 0 Å². The number of hydrogen-bond donors (Lipinski definition) is 0. The van der Waals surface area contributed by atoms with Gasteiger partial charge in [0.1, 0.15) is 13.2 Å². The summed E-state index contributed by atoms with van der Waals surface area (Å²) in [6.07, 6.45) is 71.3. The van der Waals surface area contributed by atoms with Crippen molar-refractivity contribution in [2.45, 2.75) is 271 Å². The largest absolute Gasteiger partial charge is 0.462 e. The van der Waals surface area contributed by atoms with E-state index in [1.807, 2.05) is 0 Å². The molecular weight excluding hydrogens is 829 g/mol. The predicted octanol–water partition coefficient (Wildman–Crippen LogP) is 18.8. The predicted molar refractivity (Wildman–Crippen MR) is 288 cm³/mol. The highest BCUT2D eigenvalue weighted by Crippen LogP contribution is 2.14. The Morgan fingerprint density at radius 2 is 0.537 bits per heavy atom. The molecule has 0 saturated heterocycles. The summed E-state index contributed by atoms with van der Waals surface area (Å²) >= 11 is 0. The van der Waals surface area contributed by atoms with Crippen molar-refractivity contribution in [3.05, 3.63) is 85.1 Å². The van der Waals surface area contributed by atoms with Crippen LogP contribution in [-0.2, 0) is 28.6 Å². The van der Waals surface area contributed by atoms with Crippen molar-refractivity contribution >= 4 is 17.9 Å². The van der Waals surface area contributed by atoms with Crippen molar-refractivity contribution in [1.29, 1.82) is 0 Å². The Bertz CT molecular complexity index is 1300. The van der Waals surface area contributed by atoms with Gasteiger partial charge in [-0.05, 0) is 122 Å². The quantitative estimate of drug-likeness (QED) is 0.0262. The Kier molecular flexibility index (Phi) is 52.4. The SMILES string of the molecule is CCCCC/C=C\C/C=C\C/C=C\CCCCCCC(=O)OC[C@H](COC(=O)CCCCCCCCC/C=C\CCCCCC)OC(=O)CCCCCC/C=C\C/C=C\C/C=C\CCCCC. The second kappa shape index (κ2) is 55.2. The van der Waals surface area contributed by atoms with Crippen LogP contribution in [0.4, 0.5) is 0 Å². The molecule has 0 spiro atoms. The lowest BCUT2D eigenvalue weighted by atomic mass is 10.1. The number of carbonyl (C=O) groups excluding carboxylic acids is 3. The third-order valence-corrected chi connectivity index (χ3v) is 11.8. The molecule has 0 aromatic heterocycles. The molecule has 6 nitrogen and oxygen atoms in total. The van der Waals surface area contributed by atoms with E-state index in [0.29, 0.717) is 19.3 Å². The van der Waals surface area contributed by atoms with Gasteiger partial charge in [0.15, 0.2) is 6.10 Å². The van der Waals surface area contributed by atoms with Gasteiger partial charge in [-0.15, -0.1) is 0 Å². The third kappa shape index (κ3) is 53.4. The maximum Gasteiger partial charge on any atom is 0.306 e. The number of rotatable bonds is 50. The van der Waals surface area contributed by atoms with E-state index in [0.717, 1.165) is 109 Å². The van der Waals surface area contributed by atoms with Gasteiger partial charge in [-0.1, -0.05) is 209 Å². The molecule has 0 rings (SSSR count).